The highest BCUT2D eigenvalue weighted by atomic mass is 16.5. The predicted molar refractivity (Wildman–Crippen MR) is 98.7 cm³/mol. The monoisotopic (exact) mass is 341 g/mol. The van der Waals surface area contributed by atoms with Gasteiger partial charge in [0, 0.05) is 19.2 Å². The van der Waals surface area contributed by atoms with Gasteiger partial charge in [0.1, 0.15) is 5.75 Å². The molecule has 0 heterocycles. The highest BCUT2D eigenvalue weighted by Crippen LogP contribution is 2.18. The van der Waals surface area contributed by atoms with Crippen molar-refractivity contribution < 1.29 is 14.3 Å². The second kappa shape index (κ2) is 8.73. The van der Waals surface area contributed by atoms with Gasteiger partial charge in [0.15, 0.2) is 0 Å². The molecule has 0 aliphatic rings. The Balaban J connectivity index is 1.83. The Labute approximate surface area is 147 Å². The van der Waals surface area contributed by atoms with Gasteiger partial charge in [0.2, 0.25) is 5.91 Å². The number of benzene rings is 2. The van der Waals surface area contributed by atoms with Crippen molar-refractivity contribution in [1.82, 2.24) is 5.32 Å². The summed E-state index contributed by atoms with van der Waals surface area (Å²) >= 11 is 0. The summed E-state index contributed by atoms with van der Waals surface area (Å²) in [7, 11) is 0. The standard InChI is InChI=1S/C19H23N3O3/c1-14-7-3-4-10-18(14)25-12-6-11-21-19(24)22(15(2)23)17-9-5-8-16(20)13-17/h3-5,7-10,13H,6,11-12,20H2,1-2H3,(H,21,24). The minimum atomic E-state index is -0.478. The molecule has 0 aliphatic heterocycles. The van der Waals surface area contributed by atoms with Crippen LogP contribution < -0.4 is 20.7 Å². The topological polar surface area (TPSA) is 84.7 Å². The van der Waals surface area contributed by atoms with Crippen LogP contribution in [0.25, 0.3) is 0 Å². The molecule has 0 bridgehead atoms. The number of amides is 3. The second-order valence-electron chi connectivity index (χ2n) is 5.65. The number of carbonyl (C=O) groups is 2. The summed E-state index contributed by atoms with van der Waals surface area (Å²) < 4.78 is 5.68. The van der Waals surface area contributed by atoms with Crippen LogP contribution >= 0.6 is 0 Å². The number of carbonyl (C=O) groups excluding carboxylic acids is 2. The van der Waals surface area contributed by atoms with Gasteiger partial charge in [-0.2, -0.15) is 0 Å². The van der Waals surface area contributed by atoms with Crippen molar-refractivity contribution in [2.75, 3.05) is 23.8 Å². The van der Waals surface area contributed by atoms with E-state index in [1.54, 1.807) is 24.3 Å². The van der Waals surface area contributed by atoms with E-state index in [0.717, 1.165) is 16.2 Å². The molecule has 0 spiro atoms. The summed E-state index contributed by atoms with van der Waals surface area (Å²) in [4.78, 5) is 25.2. The number of imide groups is 1. The van der Waals surface area contributed by atoms with Crippen molar-refractivity contribution in [3.63, 3.8) is 0 Å². The fourth-order valence-corrected chi connectivity index (χ4v) is 2.35. The Morgan fingerprint density at radius 1 is 1.16 bits per heavy atom. The third kappa shape index (κ3) is 5.24. The van der Waals surface area contributed by atoms with E-state index in [9.17, 15) is 9.59 Å². The molecule has 3 amide bonds. The Morgan fingerprint density at radius 2 is 1.92 bits per heavy atom. The number of anilines is 2. The average molecular weight is 341 g/mol. The largest absolute Gasteiger partial charge is 0.493 e. The van der Waals surface area contributed by atoms with E-state index in [0.29, 0.717) is 30.9 Å². The fourth-order valence-electron chi connectivity index (χ4n) is 2.35. The Bertz CT molecular complexity index is 746. The molecule has 0 atom stereocenters. The quantitative estimate of drug-likeness (QED) is 0.624. The molecule has 0 radical (unpaired) electrons. The predicted octanol–water partition coefficient (Wildman–Crippen LogP) is 3.11. The van der Waals surface area contributed by atoms with Crippen molar-refractivity contribution in [3.05, 3.63) is 54.1 Å². The van der Waals surface area contributed by atoms with E-state index >= 15 is 0 Å². The van der Waals surface area contributed by atoms with Gasteiger partial charge in [-0.25, -0.2) is 9.69 Å². The lowest BCUT2D eigenvalue weighted by Gasteiger charge is -2.20. The molecule has 3 N–H and O–H groups in total. The summed E-state index contributed by atoms with van der Waals surface area (Å²) in [6, 6.07) is 13.9. The minimum absolute atomic E-state index is 0.376. The van der Waals surface area contributed by atoms with Crippen LogP contribution in [0.2, 0.25) is 0 Å². The first-order chi connectivity index (χ1) is 12.0. The highest BCUT2D eigenvalue weighted by molar-refractivity contribution is 6.13. The molecule has 132 valence electrons. The maximum atomic E-state index is 12.3. The van der Waals surface area contributed by atoms with Gasteiger partial charge in [-0.05, 0) is 43.2 Å². The number of nitrogens with one attached hydrogen (secondary N) is 1. The van der Waals surface area contributed by atoms with Crippen LogP contribution in [-0.4, -0.2) is 25.1 Å². The van der Waals surface area contributed by atoms with E-state index < -0.39 is 6.03 Å². The molecule has 0 aliphatic carbocycles. The maximum Gasteiger partial charge on any atom is 0.328 e. The molecule has 0 aromatic heterocycles. The SMILES string of the molecule is CC(=O)N(C(=O)NCCCOc1ccccc1C)c1cccc(N)c1. The first kappa shape index (κ1) is 18.3. The number of hydrogen-bond acceptors (Lipinski definition) is 4. The van der Waals surface area contributed by atoms with Gasteiger partial charge in [-0.15, -0.1) is 0 Å². The van der Waals surface area contributed by atoms with Gasteiger partial charge in [-0.3, -0.25) is 4.79 Å². The lowest BCUT2D eigenvalue weighted by molar-refractivity contribution is -0.115. The zero-order valence-corrected chi connectivity index (χ0v) is 14.5. The number of nitrogens with zero attached hydrogens (tertiary/aromatic N) is 1. The van der Waals surface area contributed by atoms with Gasteiger partial charge >= 0.3 is 6.03 Å². The number of hydrogen-bond donors (Lipinski definition) is 2. The lowest BCUT2D eigenvalue weighted by Crippen LogP contribution is -2.43. The van der Waals surface area contributed by atoms with Gasteiger partial charge < -0.3 is 15.8 Å². The smallest absolute Gasteiger partial charge is 0.328 e. The van der Waals surface area contributed by atoms with Crippen molar-refractivity contribution in [3.8, 4) is 5.75 Å². The van der Waals surface area contributed by atoms with Crippen LogP contribution in [-0.2, 0) is 4.79 Å². The first-order valence-corrected chi connectivity index (χ1v) is 8.11. The Morgan fingerprint density at radius 3 is 2.60 bits per heavy atom. The van der Waals surface area contributed by atoms with Crippen molar-refractivity contribution in [1.29, 1.82) is 0 Å². The van der Waals surface area contributed by atoms with Crippen LogP contribution in [0.4, 0.5) is 16.2 Å². The normalized spacial score (nSPS) is 10.2. The molecule has 6 heteroatoms. The maximum absolute atomic E-state index is 12.3. The summed E-state index contributed by atoms with van der Waals surface area (Å²) in [6.45, 7) is 4.19. The van der Waals surface area contributed by atoms with Crippen LogP contribution in [0, 0.1) is 6.92 Å². The van der Waals surface area contributed by atoms with Crippen LogP contribution in [0.15, 0.2) is 48.5 Å². The van der Waals surface area contributed by atoms with Gasteiger partial charge in [-0.1, -0.05) is 24.3 Å². The van der Waals surface area contributed by atoms with Crippen LogP contribution in [0.5, 0.6) is 5.75 Å². The molecule has 2 aromatic rings. The molecule has 0 fully saturated rings. The van der Waals surface area contributed by atoms with E-state index in [1.807, 2.05) is 31.2 Å². The van der Waals surface area contributed by atoms with E-state index in [4.69, 9.17) is 10.5 Å². The third-order valence-electron chi connectivity index (χ3n) is 3.59. The molecule has 25 heavy (non-hydrogen) atoms. The van der Waals surface area contributed by atoms with Crippen LogP contribution in [0.1, 0.15) is 18.9 Å². The zero-order chi connectivity index (χ0) is 18.2. The molecule has 0 unspecified atom stereocenters. The average Bonchev–Trinajstić information content (AvgIpc) is 2.56. The molecular weight excluding hydrogens is 318 g/mol. The lowest BCUT2D eigenvalue weighted by atomic mass is 10.2. The molecule has 0 saturated carbocycles. The van der Waals surface area contributed by atoms with Crippen molar-refractivity contribution in [2.45, 2.75) is 20.3 Å². The minimum Gasteiger partial charge on any atom is -0.493 e. The molecule has 6 nitrogen and oxygen atoms in total. The van der Waals surface area contributed by atoms with E-state index in [-0.39, 0.29) is 5.91 Å². The van der Waals surface area contributed by atoms with Gasteiger partial charge in [0.05, 0.1) is 12.3 Å². The number of nitrogen functional groups attached to an aromatic ring is 1. The number of aryl methyl sites for hydroxylation is 1. The van der Waals surface area contributed by atoms with Crippen molar-refractivity contribution in [2.24, 2.45) is 0 Å². The Kier molecular flexibility index (Phi) is 6.39. The van der Waals surface area contributed by atoms with E-state index in [2.05, 4.69) is 5.32 Å². The van der Waals surface area contributed by atoms with Crippen molar-refractivity contribution >= 4 is 23.3 Å². The fraction of sp³-hybridized carbons (Fsp3) is 0.263. The number of nitrogens with two attached hydrogens (primary N) is 1. The number of urea groups is 1. The first-order valence-electron chi connectivity index (χ1n) is 8.11. The summed E-state index contributed by atoms with van der Waals surface area (Å²) in [5.74, 6) is 0.457. The number of para-hydroxylation sites is 1. The van der Waals surface area contributed by atoms with E-state index in [1.165, 1.54) is 6.92 Å². The summed E-state index contributed by atoms with van der Waals surface area (Å²) in [5, 5.41) is 2.73. The zero-order valence-electron chi connectivity index (χ0n) is 14.5. The second-order valence-corrected chi connectivity index (χ2v) is 5.65. The number of rotatable bonds is 6. The summed E-state index contributed by atoms with van der Waals surface area (Å²) in [5.41, 5.74) is 7.72. The molecule has 2 rings (SSSR count). The van der Waals surface area contributed by atoms with Gasteiger partial charge in [0.25, 0.3) is 0 Å². The third-order valence-corrected chi connectivity index (χ3v) is 3.59. The Hall–Kier alpha value is -3.02. The molecule has 0 saturated heterocycles. The molecule has 2 aromatic carbocycles. The highest BCUT2D eigenvalue weighted by Gasteiger charge is 2.19. The van der Waals surface area contributed by atoms with Crippen LogP contribution in [0.3, 0.4) is 0 Å². The molecular formula is C19H23N3O3. The summed E-state index contributed by atoms with van der Waals surface area (Å²) in [6.07, 6.45) is 0.628. The number of ether oxygens (including phenoxy) is 1.